The van der Waals surface area contributed by atoms with Gasteiger partial charge >= 0.3 is 0 Å². The Hall–Kier alpha value is -2.36. The number of ether oxygens (including phenoxy) is 1. The average Bonchev–Trinajstić information content (AvgIpc) is 2.29. The van der Waals surface area contributed by atoms with Gasteiger partial charge in [-0.3, -0.25) is 0 Å². The van der Waals surface area contributed by atoms with Crippen LogP contribution in [0.1, 0.15) is 11.1 Å². The van der Waals surface area contributed by atoms with Crippen LogP contribution in [0.4, 0.5) is 5.69 Å². The Labute approximate surface area is 99.6 Å². The Kier molecular flexibility index (Phi) is 3.05. The molecule has 0 bridgehead atoms. The third-order valence-electron chi connectivity index (χ3n) is 2.34. The van der Waals surface area contributed by atoms with Gasteiger partial charge in [0.05, 0.1) is 5.56 Å². The number of anilines is 1. The Morgan fingerprint density at radius 3 is 2.88 bits per heavy atom. The van der Waals surface area contributed by atoms with E-state index in [9.17, 15) is 0 Å². The largest absolute Gasteiger partial charge is 0.438 e. The highest BCUT2D eigenvalue weighted by Crippen LogP contribution is 2.25. The van der Waals surface area contributed by atoms with Gasteiger partial charge in [-0.1, -0.05) is 12.1 Å². The molecule has 1 aromatic carbocycles. The van der Waals surface area contributed by atoms with E-state index in [1.807, 2.05) is 31.2 Å². The normalized spacial score (nSPS) is 9.94. The lowest BCUT2D eigenvalue weighted by molar-refractivity contribution is 0.462. The zero-order valence-electron chi connectivity index (χ0n) is 9.47. The van der Waals surface area contributed by atoms with Crippen molar-refractivity contribution in [2.24, 2.45) is 0 Å². The van der Waals surface area contributed by atoms with Crippen LogP contribution in [0.3, 0.4) is 0 Å². The molecule has 1 heterocycles. The van der Waals surface area contributed by atoms with Gasteiger partial charge in [0.1, 0.15) is 5.75 Å². The minimum atomic E-state index is 0.352. The van der Waals surface area contributed by atoms with Gasteiger partial charge in [-0.2, -0.15) is 0 Å². The van der Waals surface area contributed by atoms with Crippen LogP contribution in [0.5, 0.6) is 11.6 Å². The first-order valence-corrected chi connectivity index (χ1v) is 5.20. The van der Waals surface area contributed by atoms with Crippen LogP contribution in [0.15, 0.2) is 36.5 Å². The van der Waals surface area contributed by atoms with Gasteiger partial charge < -0.3 is 15.9 Å². The van der Waals surface area contributed by atoms with Crippen molar-refractivity contribution < 1.29 is 4.74 Å². The molecule has 0 saturated carbocycles. The molecule has 3 N–H and O–H groups in total. The summed E-state index contributed by atoms with van der Waals surface area (Å²) in [6.45, 7) is 1.98. The van der Waals surface area contributed by atoms with Crippen molar-refractivity contribution in [2.45, 2.75) is 6.92 Å². The summed E-state index contributed by atoms with van der Waals surface area (Å²) < 4.78 is 5.62. The van der Waals surface area contributed by atoms with E-state index in [-0.39, 0.29) is 0 Å². The van der Waals surface area contributed by atoms with Gasteiger partial charge in [-0.05, 0) is 30.7 Å². The van der Waals surface area contributed by atoms with Crippen molar-refractivity contribution in [1.82, 2.24) is 4.98 Å². The molecule has 4 nitrogen and oxygen atoms in total. The molecule has 0 radical (unpaired) electrons. The van der Waals surface area contributed by atoms with E-state index in [1.165, 1.54) is 0 Å². The summed E-state index contributed by atoms with van der Waals surface area (Å²) in [5, 5.41) is 7.31. The van der Waals surface area contributed by atoms with Gasteiger partial charge in [-0.15, -0.1) is 0 Å². The molecule has 86 valence electrons. The third-order valence-corrected chi connectivity index (χ3v) is 2.34. The standard InChI is InChI=1S/C13H13N3O/c1-9-3-2-4-10(7-9)17-13-11(8-14)12(15)5-6-16-13/h2-8,14H,1H3,(H2,15,16). The van der Waals surface area contributed by atoms with Crippen LogP contribution >= 0.6 is 0 Å². The fourth-order valence-corrected chi connectivity index (χ4v) is 1.48. The van der Waals surface area contributed by atoms with Crippen molar-refractivity contribution in [3.8, 4) is 11.6 Å². The monoisotopic (exact) mass is 227 g/mol. The SMILES string of the molecule is Cc1cccc(Oc2nccc(N)c2C=N)c1. The average molecular weight is 227 g/mol. The maximum atomic E-state index is 7.31. The van der Waals surface area contributed by atoms with Crippen LogP contribution in [0, 0.1) is 12.3 Å². The van der Waals surface area contributed by atoms with E-state index >= 15 is 0 Å². The van der Waals surface area contributed by atoms with E-state index in [0.29, 0.717) is 22.9 Å². The summed E-state index contributed by atoms with van der Waals surface area (Å²) in [5.74, 6) is 1.04. The number of nitrogens with two attached hydrogens (primary N) is 1. The number of hydrogen-bond acceptors (Lipinski definition) is 4. The summed E-state index contributed by atoms with van der Waals surface area (Å²) in [6, 6.07) is 9.27. The first-order chi connectivity index (χ1) is 8.20. The second-order valence-electron chi connectivity index (χ2n) is 3.68. The van der Waals surface area contributed by atoms with E-state index in [1.54, 1.807) is 12.3 Å². The number of nitrogens with one attached hydrogen (secondary N) is 1. The lowest BCUT2D eigenvalue weighted by Crippen LogP contribution is -1.99. The quantitative estimate of drug-likeness (QED) is 0.792. The highest BCUT2D eigenvalue weighted by Gasteiger charge is 2.07. The molecular weight excluding hydrogens is 214 g/mol. The van der Waals surface area contributed by atoms with Crippen molar-refractivity contribution in [1.29, 1.82) is 5.41 Å². The van der Waals surface area contributed by atoms with Crippen molar-refractivity contribution >= 4 is 11.9 Å². The predicted octanol–water partition coefficient (Wildman–Crippen LogP) is 2.76. The molecule has 0 spiro atoms. The second kappa shape index (κ2) is 4.65. The van der Waals surface area contributed by atoms with Gasteiger partial charge in [0.2, 0.25) is 5.88 Å². The number of rotatable bonds is 3. The Balaban J connectivity index is 2.36. The van der Waals surface area contributed by atoms with Gasteiger partial charge in [0, 0.05) is 18.1 Å². The van der Waals surface area contributed by atoms with E-state index in [2.05, 4.69) is 4.98 Å². The molecule has 0 aliphatic heterocycles. The molecule has 2 rings (SSSR count). The fraction of sp³-hybridized carbons (Fsp3) is 0.0769. The highest BCUT2D eigenvalue weighted by molar-refractivity contribution is 5.87. The van der Waals surface area contributed by atoms with Gasteiger partial charge in [0.15, 0.2) is 0 Å². The van der Waals surface area contributed by atoms with Gasteiger partial charge in [0.25, 0.3) is 0 Å². The maximum Gasteiger partial charge on any atom is 0.230 e. The molecule has 0 amide bonds. The summed E-state index contributed by atoms with van der Waals surface area (Å²) in [4.78, 5) is 4.08. The van der Waals surface area contributed by atoms with Crippen LogP contribution in [0.2, 0.25) is 0 Å². The number of benzene rings is 1. The molecule has 0 fully saturated rings. The minimum Gasteiger partial charge on any atom is -0.438 e. The topological polar surface area (TPSA) is 72.0 Å². The number of aromatic nitrogens is 1. The summed E-state index contributed by atoms with van der Waals surface area (Å²) in [7, 11) is 0. The van der Waals surface area contributed by atoms with E-state index in [4.69, 9.17) is 15.9 Å². The molecule has 0 aliphatic rings. The molecular formula is C13H13N3O. The molecule has 1 aromatic heterocycles. The molecule has 4 heteroatoms. The smallest absolute Gasteiger partial charge is 0.230 e. The van der Waals surface area contributed by atoms with Crippen molar-refractivity contribution in [3.63, 3.8) is 0 Å². The van der Waals surface area contributed by atoms with E-state index < -0.39 is 0 Å². The van der Waals surface area contributed by atoms with Crippen LogP contribution in [-0.4, -0.2) is 11.2 Å². The molecule has 17 heavy (non-hydrogen) atoms. The molecule has 2 aromatic rings. The van der Waals surface area contributed by atoms with Crippen LogP contribution < -0.4 is 10.5 Å². The first kappa shape index (κ1) is 11.1. The van der Waals surface area contributed by atoms with Crippen LogP contribution in [-0.2, 0) is 0 Å². The molecule has 0 aliphatic carbocycles. The number of nitrogens with zero attached hydrogens (tertiary/aromatic N) is 1. The number of pyridine rings is 1. The summed E-state index contributed by atoms with van der Waals surface area (Å²) >= 11 is 0. The number of aryl methyl sites for hydroxylation is 1. The Morgan fingerprint density at radius 2 is 2.18 bits per heavy atom. The zero-order valence-corrected chi connectivity index (χ0v) is 9.47. The minimum absolute atomic E-state index is 0.352. The van der Waals surface area contributed by atoms with Crippen molar-refractivity contribution in [2.75, 3.05) is 5.73 Å². The maximum absolute atomic E-state index is 7.31. The predicted molar refractivity (Wildman–Crippen MR) is 67.8 cm³/mol. The third kappa shape index (κ3) is 2.42. The number of hydrogen-bond donors (Lipinski definition) is 2. The van der Waals surface area contributed by atoms with Crippen LogP contribution in [0.25, 0.3) is 0 Å². The first-order valence-electron chi connectivity index (χ1n) is 5.20. The summed E-state index contributed by atoms with van der Waals surface area (Å²) in [6.07, 6.45) is 2.71. The second-order valence-corrected chi connectivity index (χ2v) is 3.68. The van der Waals surface area contributed by atoms with Crippen molar-refractivity contribution in [3.05, 3.63) is 47.7 Å². The Morgan fingerprint density at radius 1 is 1.35 bits per heavy atom. The summed E-state index contributed by atoms with van der Waals surface area (Å²) in [5.41, 5.74) is 7.82. The number of nitrogen functional groups attached to an aromatic ring is 1. The fourth-order valence-electron chi connectivity index (χ4n) is 1.48. The Bertz CT molecular complexity index is 552. The zero-order chi connectivity index (χ0) is 12.3. The van der Waals surface area contributed by atoms with E-state index in [0.717, 1.165) is 11.8 Å². The lowest BCUT2D eigenvalue weighted by Gasteiger charge is -2.09. The lowest BCUT2D eigenvalue weighted by atomic mass is 10.2. The van der Waals surface area contributed by atoms with Gasteiger partial charge in [-0.25, -0.2) is 4.98 Å². The molecule has 0 saturated heterocycles. The molecule has 0 unspecified atom stereocenters. The molecule has 0 atom stereocenters. The highest BCUT2D eigenvalue weighted by atomic mass is 16.5.